The Kier molecular flexibility index (Phi) is 4.17. The van der Waals surface area contributed by atoms with Crippen LogP contribution in [0.5, 0.6) is 0 Å². The lowest BCUT2D eigenvalue weighted by Crippen LogP contribution is -2.45. The monoisotopic (exact) mass is 337 g/mol. The number of amides is 1. The number of aromatic nitrogens is 2. The number of carbonyl (C=O) groups is 1. The molecule has 0 radical (unpaired) electrons. The zero-order valence-corrected chi connectivity index (χ0v) is 11.7. The fourth-order valence-electron chi connectivity index (χ4n) is 1.33. The second-order valence-corrected chi connectivity index (χ2v) is 5.87. The highest BCUT2D eigenvalue weighted by molar-refractivity contribution is 14.1. The van der Waals surface area contributed by atoms with E-state index >= 15 is 0 Å². The molecule has 0 spiro atoms. The number of carboxylic acid groups (broad SMARTS) is 1. The first kappa shape index (κ1) is 13.3. The summed E-state index contributed by atoms with van der Waals surface area (Å²) in [4.78, 5) is 14.8. The van der Waals surface area contributed by atoms with Gasteiger partial charge >= 0.3 is 6.09 Å². The maximum Gasteiger partial charge on any atom is 0.404 e. The molecular weight excluding hydrogens is 321 g/mol. The number of nitrogens with one attached hydrogen (secondary N) is 1. The Labute approximate surface area is 108 Å². The molecule has 1 amide bonds. The molecule has 5 nitrogen and oxygen atoms in total. The van der Waals surface area contributed by atoms with E-state index < -0.39 is 6.09 Å². The van der Waals surface area contributed by atoms with Crippen molar-refractivity contribution in [2.24, 2.45) is 5.41 Å². The van der Waals surface area contributed by atoms with E-state index in [-0.39, 0.29) is 11.5 Å². The molecule has 0 bridgehead atoms. The molecule has 0 aliphatic carbocycles. The molecule has 0 fully saturated rings. The van der Waals surface area contributed by atoms with Gasteiger partial charge in [0.1, 0.15) is 3.70 Å². The van der Waals surface area contributed by atoms with E-state index in [0.717, 1.165) is 3.70 Å². The van der Waals surface area contributed by atoms with Crippen molar-refractivity contribution in [2.45, 2.75) is 33.4 Å². The molecule has 2 N–H and O–H groups in total. The van der Waals surface area contributed by atoms with E-state index in [1.807, 2.05) is 31.5 Å². The molecular formula is C10H16IN3O2. The fourth-order valence-corrected chi connectivity index (χ4v) is 1.81. The second kappa shape index (κ2) is 5.03. The normalized spacial score (nSPS) is 13.5. The number of imidazole rings is 1. The highest BCUT2D eigenvalue weighted by atomic mass is 127. The zero-order chi connectivity index (χ0) is 12.3. The van der Waals surface area contributed by atoms with Gasteiger partial charge in [0, 0.05) is 12.7 Å². The van der Waals surface area contributed by atoms with E-state index in [1.54, 1.807) is 6.33 Å². The van der Waals surface area contributed by atoms with E-state index in [1.165, 1.54) is 0 Å². The van der Waals surface area contributed by atoms with Crippen molar-refractivity contribution in [2.75, 3.05) is 0 Å². The fraction of sp³-hybridized carbons (Fsp3) is 0.600. The van der Waals surface area contributed by atoms with Gasteiger partial charge in [-0.05, 0) is 28.0 Å². The summed E-state index contributed by atoms with van der Waals surface area (Å²) in [6, 6.07) is -0.144. The molecule has 90 valence electrons. The first-order valence-corrected chi connectivity index (χ1v) is 6.03. The lowest BCUT2D eigenvalue weighted by atomic mass is 9.87. The number of hydrogen-bond acceptors (Lipinski definition) is 2. The third-order valence-electron chi connectivity index (χ3n) is 2.34. The largest absolute Gasteiger partial charge is 0.465 e. The van der Waals surface area contributed by atoms with Gasteiger partial charge in [-0.1, -0.05) is 20.8 Å². The zero-order valence-electron chi connectivity index (χ0n) is 9.57. The van der Waals surface area contributed by atoms with Crippen LogP contribution in [0.3, 0.4) is 0 Å². The van der Waals surface area contributed by atoms with Gasteiger partial charge in [0.25, 0.3) is 0 Å². The van der Waals surface area contributed by atoms with Crippen molar-refractivity contribution < 1.29 is 9.90 Å². The average molecular weight is 337 g/mol. The average Bonchev–Trinajstić information content (AvgIpc) is 2.47. The highest BCUT2D eigenvalue weighted by Crippen LogP contribution is 2.20. The summed E-state index contributed by atoms with van der Waals surface area (Å²) in [7, 11) is 0. The second-order valence-electron chi connectivity index (χ2n) is 4.76. The van der Waals surface area contributed by atoms with E-state index in [4.69, 9.17) is 5.11 Å². The third kappa shape index (κ3) is 3.99. The highest BCUT2D eigenvalue weighted by Gasteiger charge is 2.26. The molecule has 1 rings (SSSR count). The summed E-state index contributed by atoms with van der Waals surface area (Å²) in [5.74, 6) is 0. The molecule has 0 aliphatic heterocycles. The van der Waals surface area contributed by atoms with Crippen LogP contribution in [0, 0.1) is 9.12 Å². The SMILES string of the molecule is CC(C)(C)C(Cn1cnc(I)c1)NC(=O)O. The Bertz CT molecular complexity index is 370. The van der Waals surface area contributed by atoms with Crippen LogP contribution in [-0.4, -0.2) is 26.8 Å². The Hall–Kier alpha value is -0.790. The lowest BCUT2D eigenvalue weighted by Gasteiger charge is -2.30. The predicted octanol–water partition coefficient (Wildman–Crippen LogP) is 2.17. The number of hydrogen-bond donors (Lipinski definition) is 2. The van der Waals surface area contributed by atoms with Crippen molar-refractivity contribution in [1.82, 2.24) is 14.9 Å². The Morgan fingerprint density at radius 2 is 2.31 bits per heavy atom. The molecule has 6 heteroatoms. The van der Waals surface area contributed by atoms with Crippen LogP contribution in [0.1, 0.15) is 20.8 Å². The van der Waals surface area contributed by atoms with Crippen LogP contribution in [0.15, 0.2) is 12.5 Å². The smallest absolute Gasteiger partial charge is 0.404 e. The van der Waals surface area contributed by atoms with Gasteiger partial charge in [-0.25, -0.2) is 9.78 Å². The van der Waals surface area contributed by atoms with Gasteiger partial charge in [0.05, 0.1) is 12.4 Å². The third-order valence-corrected chi connectivity index (χ3v) is 2.90. The maximum atomic E-state index is 10.7. The van der Waals surface area contributed by atoms with Crippen LogP contribution in [-0.2, 0) is 6.54 Å². The van der Waals surface area contributed by atoms with E-state index in [0.29, 0.717) is 6.54 Å². The van der Waals surface area contributed by atoms with Gasteiger partial charge in [-0.2, -0.15) is 0 Å². The quantitative estimate of drug-likeness (QED) is 0.831. The molecule has 1 aromatic heterocycles. The minimum Gasteiger partial charge on any atom is -0.465 e. The summed E-state index contributed by atoms with van der Waals surface area (Å²) in [6.45, 7) is 6.62. The summed E-state index contributed by atoms with van der Waals surface area (Å²) in [5, 5.41) is 11.3. The van der Waals surface area contributed by atoms with Crippen molar-refractivity contribution >= 4 is 28.7 Å². The molecule has 1 heterocycles. The molecule has 1 aromatic rings. The van der Waals surface area contributed by atoms with Crippen LogP contribution < -0.4 is 5.32 Å². The van der Waals surface area contributed by atoms with Gasteiger partial charge in [-0.3, -0.25) is 0 Å². The van der Waals surface area contributed by atoms with Crippen LogP contribution in [0.25, 0.3) is 0 Å². The van der Waals surface area contributed by atoms with Gasteiger partial charge < -0.3 is 15.0 Å². The number of rotatable bonds is 3. The van der Waals surface area contributed by atoms with Gasteiger partial charge in [0.15, 0.2) is 0 Å². The first-order valence-electron chi connectivity index (χ1n) is 4.96. The topological polar surface area (TPSA) is 67.2 Å². The summed E-state index contributed by atoms with van der Waals surface area (Å²) in [6.07, 6.45) is 2.61. The minimum atomic E-state index is -0.991. The molecule has 1 unspecified atom stereocenters. The van der Waals surface area contributed by atoms with Crippen LogP contribution in [0.4, 0.5) is 4.79 Å². The Balaban J connectivity index is 2.74. The molecule has 0 saturated carbocycles. The van der Waals surface area contributed by atoms with Gasteiger partial charge in [-0.15, -0.1) is 0 Å². The van der Waals surface area contributed by atoms with E-state index in [9.17, 15) is 4.79 Å². The number of nitrogens with zero attached hydrogens (tertiary/aromatic N) is 2. The number of halogens is 1. The van der Waals surface area contributed by atoms with Crippen LogP contribution >= 0.6 is 22.6 Å². The first-order chi connectivity index (χ1) is 7.29. The van der Waals surface area contributed by atoms with Crippen LogP contribution in [0.2, 0.25) is 0 Å². The molecule has 0 aliphatic rings. The molecule has 1 atom stereocenters. The summed E-state index contributed by atoms with van der Waals surface area (Å²) in [5.41, 5.74) is -0.131. The lowest BCUT2D eigenvalue weighted by molar-refractivity contribution is 0.169. The summed E-state index contributed by atoms with van der Waals surface area (Å²) >= 11 is 2.13. The van der Waals surface area contributed by atoms with E-state index in [2.05, 4.69) is 32.9 Å². The van der Waals surface area contributed by atoms with Crippen molar-refractivity contribution in [3.05, 3.63) is 16.2 Å². The standard InChI is InChI=1S/C10H16IN3O2/c1-10(2,3)7(13-9(15)16)4-14-5-8(11)12-6-14/h5-7,13H,4H2,1-3H3,(H,15,16). The Morgan fingerprint density at radius 3 is 2.69 bits per heavy atom. The molecule has 0 saturated heterocycles. The molecule has 0 aromatic carbocycles. The van der Waals surface area contributed by atoms with Crippen molar-refractivity contribution in [3.63, 3.8) is 0 Å². The van der Waals surface area contributed by atoms with Crippen molar-refractivity contribution in [3.8, 4) is 0 Å². The minimum absolute atomic E-state index is 0.131. The molecule has 16 heavy (non-hydrogen) atoms. The maximum absolute atomic E-state index is 10.7. The predicted molar refractivity (Wildman–Crippen MR) is 69.3 cm³/mol. The van der Waals surface area contributed by atoms with Crippen molar-refractivity contribution in [1.29, 1.82) is 0 Å². The Morgan fingerprint density at radius 1 is 1.69 bits per heavy atom. The summed E-state index contributed by atoms with van der Waals surface area (Å²) < 4.78 is 2.80. The van der Waals surface area contributed by atoms with Gasteiger partial charge in [0.2, 0.25) is 0 Å².